The van der Waals surface area contributed by atoms with Gasteiger partial charge in [-0.25, -0.2) is 0 Å². The Morgan fingerprint density at radius 2 is 1.75 bits per heavy atom. The summed E-state index contributed by atoms with van der Waals surface area (Å²) in [5, 5.41) is 20.2. The van der Waals surface area contributed by atoms with E-state index >= 15 is 0 Å². The van der Waals surface area contributed by atoms with Crippen molar-refractivity contribution in [2.75, 3.05) is 19.6 Å². The maximum Gasteiger partial charge on any atom is 0.225 e. The van der Waals surface area contributed by atoms with Gasteiger partial charge in [0.15, 0.2) is 0 Å². The lowest BCUT2D eigenvalue weighted by molar-refractivity contribution is -0.129. The zero-order chi connectivity index (χ0) is 12.6. The molecule has 1 amide bonds. The average Bonchev–Trinajstić information content (AvgIpc) is 2.15. The van der Waals surface area contributed by atoms with Gasteiger partial charge in [-0.3, -0.25) is 4.79 Å². The molecule has 0 saturated carbocycles. The molecular weight excluding hydrogens is 204 g/mol. The summed E-state index contributed by atoms with van der Waals surface area (Å²) in [5.41, 5.74) is -0.0322. The van der Waals surface area contributed by atoms with Gasteiger partial charge in [0.05, 0.1) is 12.1 Å². The third-order valence-electron chi connectivity index (χ3n) is 1.87. The molecule has 1 N–H and O–H groups in total. The molecule has 0 spiro atoms. The van der Waals surface area contributed by atoms with Crippen molar-refractivity contribution < 1.29 is 4.79 Å². The fourth-order valence-electron chi connectivity index (χ4n) is 1.11. The molecule has 0 aliphatic heterocycles. The van der Waals surface area contributed by atoms with Gasteiger partial charge in [0.2, 0.25) is 5.91 Å². The first-order chi connectivity index (χ1) is 7.40. The number of carbonyl (C=O) groups is 1. The third-order valence-corrected chi connectivity index (χ3v) is 1.87. The van der Waals surface area contributed by atoms with Gasteiger partial charge in [0.1, 0.15) is 13.1 Å². The highest BCUT2D eigenvalue weighted by Gasteiger charge is 2.14. The van der Waals surface area contributed by atoms with Crippen LogP contribution in [0.25, 0.3) is 0 Å². The minimum absolute atomic E-state index is 0.0259. The topological polar surface area (TPSA) is 79.9 Å². The Balaban J connectivity index is 4.03. The van der Waals surface area contributed by atoms with Crippen molar-refractivity contribution in [2.24, 2.45) is 0 Å². The van der Waals surface area contributed by atoms with Gasteiger partial charge in [-0.15, -0.1) is 0 Å². The molecule has 0 radical (unpaired) electrons. The van der Waals surface area contributed by atoms with Crippen LogP contribution in [0.2, 0.25) is 0 Å². The van der Waals surface area contributed by atoms with E-state index in [0.717, 1.165) is 0 Å². The summed E-state index contributed by atoms with van der Waals surface area (Å²) in [6.45, 7) is 6.54. The molecule has 0 aliphatic carbocycles. The Kier molecular flexibility index (Phi) is 6.14. The summed E-state index contributed by atoms with van der Waals surface area (Å²) in [4.78, 5) is 12.8. The standard InChI is InChI=1S/C11H18N4O/c1-11(2,3)14-7-4-10(16)15(8-5-12)9-6-13/h14H,4,7-9H2,1-3H3. The predicted molar refractivity (Wildman–Crippen MR) is 60.2 cm³/mol. The molecule has 0 aliphatic rings. The highest BCUT2D eigenvalue weighted by molar-refractivity contribution is 5.76. The van der Waals surface area contributed by atoms with E-state index < -0.39 is 0 Å². The Labute approximate surface area is 96.6 Å². The molecular formula is C11H18N4O. The van der Waals surface area contributed by atoms with Crippen LogP contribution < -0.4 is 5.32 Å². The minimum Gasteiger partial charge on any atom is -0.316 e. The lowest BCUT2D eigenvalue weighted by atomic mass is 10.1. The zero-order valence-corrected chi connectivity index (χ0v) is 10.1. The van der Waals surface area contributed by atoms with Crippen molar-refractivity contribution >= 4 is 5.91 Å². The summed E-state index contributed by atoms with van der Waals surface area (Å²) in [7, 11) is 0. The van der Waals surface area contributed by atoms with Crippen molar-refractivity contribution in [3.8, 4) is 12.1 Å². The maximum absolute atomic E-state index is 11.6. The van der Waals surface area contributed by atoms with Crippen LogP contribution in [0.4, 0.5) is 0 Å². The second-order valence-electron chi connectivity index (χ2n) is 4.49. The van der Waals surface area contributed by atoms with E-state index in [4.69, 9.17) is 10.5 Å². The molecule has 0 atom stereocenters. The number of nitrogens with one attached hydrogen (secondary N) is 1. The number of amides is 1. The lowest BCUT2D eigenvalue weighted by Crippen LogP contribution is -2.39. The molecule has 0 aromatic rings. The highest BCUT2D eigenvalue weighted by atomic mass is 16.2. The van der Waals surface area contributed by atoms with Crippen LogP contribution in [-0.2, 0) is 4.79 Å². The molecule has 5 nitrogen and oxygen atoms in total. The van der Waals surface area contributed by atoms with Crippen molar-refractivity contribution in [3.63, 3.8) is 0 Å². The monoisotopic (exact) mass is 222 g/mol. The Hall–Kier alpha value is -1.59. The molecule has 0 rings (SSSR count). The van der Waals surface area contributed by atoms with Gasteiger partial charge in [0.25, 0.3) is 0 Å². The molecule has 0 unspecified atom stereocenters. The molecule has 0 fully saturated rings. The van der Waals surface area contributed by atoms with Gasteiger partial charge in [-0.2, -0.15) is 10.5 Å². The van der Waals surface area contributed by atoms with Crippen molar-refractivity contribution in [2.45, 2.75) is 32.7 Å². The van der Waals surface area contributed by atoms with Crippen LogP contribution in [0.5, 0.6) is 0 Å². The first-order valence-electron chi connectivity index (χ1n) is 5.17. The average molecular weight is 222 g/mol. The molecule has 88 valence electrons. The molecule has 0 saturated heterocycles. The lowest BCUT2D eigenvalue weighted by Gasteiger charge is -2.21. The van der Waals surface area contributed by atoms with E-state index in [1.54, 1.807) is 0 Å². The number of nitrogens with zero attached hydrogens (tertiary/aromatic N) is 3. The van der Waals surface area contributed by atoms with Gasteiger partial charge >= 0.3 is 0 Å². The van der Waals surface area contributed by atoms with Crippen molar-refractivity contribution in [3.05, 3.63) is 0 Å². The van der Waals surface area contributed by atoms with Crippen molar-refractivity contribution in [1.29, 1.82) is 10.5 Å². The van der Waals surface area contributed by atoms with Crippen LogP contribution in [0, 0.1) is 22.7 Å². The fraction of sp³-hybridized carbons (Fsp3) is 0.727. The summed E-state index contributed by atoms with van der Waals surface area (Å²) in [6, 6.07) is 3.75. The van der Waals surface area contributed by atoms with Crippen LogP contribution in [0.3, 0.4) is 0 Å². The van der Waals surface area contributed by atoms with E-state index in [2.05, 4.69) is 5.32 Å². The molecule has 0 bridgehead atoms. The smallest absolute Gasteiger partial charge is 0.225 e. The molecule has 0 aromatic heterocycles. The van der Waals surface area contributed by atoms with Gasteiger partial charge < -0.3 is 10.2 Å². The second-order valence-corrected chi connectivity index (χ2v) is 4.49. The van der Waals surface area contributed by atoms with Crippen LogP contribution in [0.15, 0.2) is 0 Å². The number of hydrogen-bond donors (Lipinski definition) is 1. The summed E-state index contributed by atoms with van der Waals surface area (Å²) in [6.07, 6.45) is 0.306. The van der Waals surface area contributed by atoms with Gasteiger partial charge in [0, 0.05) is 18.5 Å². The molecule has 16 heavy (non-hydrogen) atoms. The SMILES string of the molecule is CC(C)(C)NCCC(=O)N(CC#N)CC#N. The molecule has 0 heterocycles. The Bertz CT molecular complexity index is 289. The fourth-order valence-corrected chi connectivity index (χ4v) is 1.11. The Morgan fingerprint density at radius 1 is 1.25 bits per heavy atom. The zero-order valence-electron chi connectivity index (χ0n) is 10.1. The quantitative estimate of drug-likeness (QED) is 0.692. The minimum atomic E-state index is -0.167. The van der Waals surface area contributed by atoms with E-state index in [1.807, 2.05) is 32.9 Å². The number of hydrogen-bond acceptors (Lipinski definition) is 4. The van der Waals surface area contributed by atoms with Crippen LogP contribution in [0.1, 0.15) is 27.2 Å². The number of rotatable bonds is 5. The van der Waals surface area contributed by atoms with Crippen LogP contribution >= 0.6 is 0 Å². The van der Waals surface area contributed by atoms with Crippen molar-refractivity contribution in [1.82, 2.24) is 10.2 Å². The normalized spacial score (nSPS) is 10.3. The predicted octanol–water partition coefficient (Wildman–Crippen LogP) is 0.640. The Morgan fingerprint density at radius 3 is 2.12 bits per heavy atom. The van der Waals surface area contributed by atoms with Gasteiger partial charge in [-0.1, -0.05) is 0 Å². The van der Waals surface area contributed by atoms with E-state index in [9.17, 15) is 4.79 Å². The van der Waals surface area contributed by atoms with Gasteiger partial charge in [-0.05, 0) is 20.8 Å². The highest BCUT2D eigenvalue weighted by Crippen LogP contribution is 1.99. The summed E-state index contributed by atoms with van der Waals surface area (Å²) in [5.74, 6) is -0.167. The first kappa shape index (κ1) is 14.4. The number of carbonyl (C=O) groups excluding carboxylic acids is 1. The van der Waals surface area contributed by atoms with E-state index in [-0.39, 0.29) is 24.5 Å². The largest absolute Gasteiger partial charge is 0.316 e. The first-order valence-corrected chi connectivity index (χ1v) is 5.17. The van der Waals surface area contributed by atoms with E-state index in [0.29, 0.717) is 13.0 Å². The summed E-state index contributed by atoms with van der Waals surface area (Å²) >= 11 is 0. The summed E-state index contributed by atoms with van der Waals surface area (Å²) < 4.78 is 0. The maximum atomic E-state index is 11.6. The number of nitriles is 2. The molecule has 5 heteroatoms. The second kappa shape index (κ2) is 6.81. The van der Waals surface area contributed by atoms with Crippen LogP contribution in [-0.4, -0.2) is 36.0 Å². The molecule has 0 aromatic carbocycles. The van der Waals surface area contributed by atoms with E-state index in [1.165, 1.54) is 4.90 Å². The third kappa shape index (κ3) is 6.80.